The number of aromatic amines is 1. The van der Waals surface area contributed by atoms with E-state index in [-0.39, 0.29) is 30.2 Å². The Kier molecular flexibility index (Phi) is 9.37. The standard InChI is InChI=1S/C32H35FN10O2/c1-45-29(44)27(17-21-6-3-2-4-7-21)39-32-41-30(35-19-28-37-25-11-10-23(33)18-26(25)38-28)40-31(42-32)36-24-9-5-8-22(16-24)20-43-14-12-34-13-15-43/h2-11,16,18,27,34H,12-15,17,19-20H2,1H3,(H,37,38)(H3,35,36,39,40,41,42). The summed E-state index contributed by atoms with van der Waals surface area (Å²) in [5.74, 6) is 0.508. The van der Waals surface area contributed by atoms with Crippen molar-refractivity contribution >= 4 is 40.5 Å². The van der Waals surface area contributed by atoms with Gasteiger partial charge in [-0.2, -0.15) is 15.0 Å². The number of nitrogens with one attached hydrogen (secondary N) is 5. The normalized spacial score (nSPS) is 14.2. The maximum Gasteiger partial charge on any atom is 0.328 e. The third-order valence-corrected chi connectivity index (χ3v) is 7.41. The van der Waals surface area contributed by atoms with Crippen LogP contribution in [0.15, 0.2) is 72.8 Å². The van der Waals surface area contributed by atoms with E-state index in [0.29, 0.717) is 23.3 Å². The fraction of sp³-hybridized carbons (Fsp3) is 0.281. The second kappa shape index (κ2) is 14.1. The number of anilines is 4. The van der Waals surface area contributed by atoms with Crippen molar-refractivity contribution in [2.24, 2.45) is 0 Å². The highest BCUT2D eigenvalue weighted by atomic mass is 19.1. The first-order valence-electron chi connectivity index (χ1n) is 14.8. The second-order valence-electron chi connectivity index (χ2n) is 10.8. The van der Waals surface area contributed by atoms with E-state index in [1.165, 1.54) is 24.8 Å². The summed E-state index contributed by atoms with van der Waals surface area (Å²) in [6.45, 7) is 5.05. The largest absolute Gasteiger partial charge is 0.467 e. The summed E-state index contributed by atoms with van der Waals surface area (Å²) in [6, 6.07) is 21.4. The molecule has 1 fully saturated rings. The number of halogens is 1. The van der Waals surface area contributed by atoms with Crippen LogP contribution >= 0.6 is 0 Å². The van der Waals surface area contributed by atoms with Gasteiger partial charge in [0, 0.05) is 44.8 Å². The highest BCUT2D eigenvalue weighted by Crippen LogP contribution is 2.20. The van der Waals surface area contributed by atoms with Crippen molar-refractivity contribution in [1.82, 2.24) is 35.1 Å². The first kappa shape index (κ1) is 29.9. The Labute approximate surface area is 259 Å². The van der Waals surface area contributed by atoms with Crippen LogP contribution in [0.25, 0.3) is 11.0 Å². The average Bonchev–Trinajstić information content (AvgIpc) is 3.46. The predicted octanol–water partition coefficient (Wildman–Crippen LogP) is 3.84. The molecule has 0 amide bonds. The van der Waals surface area contributed by atoms with Gasteiger partial charge in [-0.25, -0.2) is 14.2 Å². The quantitative estimate of drug-likeness (QED) is 0.131. The molecule has 1 saturated heterocycles. The van der Waals surface area contributed by atoms with Gasteiger partial charge < -0.3 is 31.0 Å². The van der Waals surface area contributed by atoms with Crippen LogP contribution in [-0.2, 0) is 29.0 Å². The van der Waals surface area contributed by atoms with E-state index in [0.717, 1.165) is 44.0 Å². The van der Waals surface area contributed by atoms with Crippen molar-refractivity contribution in [2.75, 3.05) is 49.2 Å². The van der Waals surface area contributed by atoms with Gasteiger partial charge in [-0.1, -0.05) is 42.5 Å². The number of piperazine rings is 1. The van der Waals surface area contributed by atoms with E-state index in [4.69, 9.17) is 4.74 Å². The van der Waals surface area contributed by atoms with E-state index in [1.807, 2.05) is 42.5 Å². The summed E-state index contributed by atoms with van der Waals surface area (Å²) in [5, 5.41) is 13.0. The zero-order valence-corrected chi connectivity index (χ0v) is 24.9. The molecule has 1 aliphatic rings. The van der Waals surface area contributed by atoms with Crippen molar-refractivity contribution in [3.8, 4) is 0 Å². The molecule has 232 valence electrons. The molecule has 3 aromatic carbocycles. The zero-order valence-electron chi connectivity index (χ0n) is 24.9. The van der Waals surface area contributed by atoms with Crippen LogP contribution in [0, 0.1) is 5.82 Å². The highest BCUT2D eigenvalue weighted by molar-refractivity contribution is 5.79. The molecule has 12 nitrogen and oxygen atoms in total. The maximum atomic E-state index is 13.7. The fourth-order valence-corrected chi connectivity index (χ4v) is 5.20. The molecule has 0 spiro atoms. The van der Waals surface area contributed by atoms with Gasteiger partial charge in [0.1, 0.15) is 17.7 Å². The molecule has 5 aromatic rings. The smallest absolute Gasteiger partial charge is 0.328 e. The van der Waals surface area contributed by atoms with Crippen LogP contribution < -0.4 is 21.3 Å². The van der Waals surface area contributed by atoms with Gasteiger partial charge in [0.15, 0.2) is 0 Å². The number of H-pyrrole nitrogens is 1. The molecule has 0 bridgehead atoms. The number of rotatable bonds is 12. The maximum absolute atomic E-state index is 13.7. The third-order valence-electron chi connectivity index (χ3n) is 7.41. The molecule has 2 aromatic heterocycles. The summed E-state index contributed by atoms with van der Waals surface area (Å²) >= 11 is 0. The number of ether oxygens (including phenoxy) is 1. The summed E-state index contributed by atoms with van der Waals surface area (Å²) in [6.07, 6.45) is 0.369. The van der Waals surface area contributed by atoms with Crippen molar-refractivity contribution < 1.29 is 13.9 Å². The number of aromatic nitrogens is 5. The van der Waals surface area contributed by atoms with Crippen molar-refractivity contribution in [3.63, 3.8) is 0 Å². The topological polar surface area (TPSA) is 145 Å². The number of esters is 1. The highest BCUT2D eigenvalue weighted by Gasteiger charge is 2.22. The lowest BCUT2D eigenvalue weighted by molar-refractivity contribution is -0.141. The summed E-state index contributed by atoms with van der Waals surface area (Å²) < 4.78 is 18.8. The van der Waals surface area contributed by atoms with Gasteiger partial charge in [-0.3, -0.25) is 4.90 Å². The molecule has 13 heteroatoms. The van der Waals surface area contributed by atoms with Gasteiger partial charge in [-0.15, -0.1) is 0 Å². The van der Waals surface area contributed by atoms with E-state index >= 15 is 0 Å². The Balaban J connectivity index is 1.25. The van der Waals surface area contributed by atoms with Gasteiger partial charge in [0.25, 0.3) is 0 Å². The number of hydrogen-bond acceptors (Lipinski definition) is 11. The minimum atomic E-state index is -0.742. The van der Waals surface area contributed by atoms with Crippen LogP contribution in [0.5, 0.6) is 0 Å². The number of methoxy groups -OCH3 is 1. The van der Waals surface area contributed by atoms with Gasteiger partial charge in [0.2, 0.25) is 17.8 Å². The van der Waals surface area contributed by atoms with Crippen LogP contribution in [0.1, 0.15) is 17.0 Å². The second-order valence-corrected chi connectivity index (χ2v) is 10.8. The Morgan fingerprint density at radius 1 is 0.933 bits per heavy atom. The summed E-state index contributed by atoms with van der Waals surface area (Å²) in [4.78, 5) is 36.5. The monoisotopic (exact) mass is 610 g/mol. The average molecular weight is 611 g/mol. The van der Waals surface area contributed by atoms with E-state index < -0.39 is 12.0 Å². The summed E-state index contributed by atoms with van der Waals surface area (Å²) in [7, 11) is 1.35. The fourth-order valence-electron chi connectivity index (χ4n) is 5.20. The number of fused-ring (bicyclic) bond motifs is 1. The van der Waals surface area contributed by atoms with Crippen molar-refractivity contribution in [2.45, 2.75) is 25.6 Å². The number of carbonyl (C=O) groups is 1. The Morgan fingerprint density at radius 3 is 2.53 bits per heavy atom. The first-order chi connectivity index (χ1) is 22.0. The number of hydrogen-bond donors (Lipinski definition) is 5. The van der Waals surface area contributed by atoms with E-state index in [2.05, 4.69) is 63.2 Å². The van der Waals surface area contributed by atoms with E-state index in [1.54, 1.807) is 6.07 Å². The number of nitrogens with zero attached hydrogens (tertiary/aromatic N) is 5. The molecular formula is C32H35FN10O2. The predicted molar refractivity (Wildman–Crippen MR) is 171 cm³/mol. The van der Waals surface area contributed by atoms with Crippen molar-refractivity contribution in [1.29, 1.82) is 0 Å². The molecule has 0 saturated carbocycles. The van der Waals surface area contributed by atoms with Crippen LogP contribution in [0.4, 0.5) is 27.9 Å². The third kappa shape index (κ3) is 8.08. The number of benzene rings is 3. The van der Waals surface area contributed by atoms with Gasteiger partial charge in [-0.05, 0) is 41.5 Å². The molecule has 6 rings (SSSR count). The van der Waals surface area contributed by atoms with Crippen molar-refractivity contribution in [3.05, 3.63) is 95.6 Å². The lowest BCUT2D eigenvalue weighted by atomic mass is 10.1. The number of imidazole rings is 1. The molecule has 1 atom stereocenters. The molecular weight excluding hydrogens is 575 g/mol. The van der Waals surface area contributed by atoms with Gasteiger partial charge >= 0.3 is 5.97 Å². The van der Waals surface area contributed by atoms with Crippen LogP contribution in [-0.4, -0.2) is 75.1 Å². The molecule has 0 radical (unpaired) electrons. The van der Waals surface area contributed by atoms with E-state index in [9.17, 15) is 9.18 Å². The van der Waals surface area contributed by atoms with Crippen LogP contribution in [0.3, 0.4) is 0 Å². The minimum absolute atomic E-state index is 0.185. The minimum Gasteiger partial charge on any atom is -0.467 e. The first-order valence-corrected chi connectivity index (χ1v) is 14.8. The molecule has 3 heterocycles. The molecule has 0 aliphatic carbocycles. The SMILES string of the molecule is COC(=O)C(Cc1ccccc1)Nc1nc(NCc2nc3ccc(F)cc3[nH]2)nc(Nc2cccc(CN3CCNCC3)c2)n1. The Morgan fingerprint density at radius 2 is 1.71 bits per heavy atom. The Bertz CT molecular complexity index is 1740. The zero-order chi connectivity index (χ0) is 31.0. The lowest BCUT2D eigenvalue weighted by Gasteiger charge is -2.27. The molecule has 45 heavy (non-hydrogen) atoms. The lowest BCUT2D eigenvalue weighted by Crippen LogP contribution is -2.42. The summed E-state index contributed by atoms with van der Waals surface area (Å²) in [5.41, 5.74) is 4.18. The Hall–Kier alpha value is -5.14. The molecule has 5 N–H and O–H groups in total. The molecule has 1 aliphatic heterocycles. The number of carbonyl (C=O) groups excluding carboxylic acids is 1. The molecule has 1 unspecified atom stereocenters. The van der Waals surface area contributed by atoms with Crippen LogP contribution in [0.2, 0.25) is 0 Å². The van der Waals surface area contributed by atoms with Gasteiger partial charge in [0.05, 0.1) is 24.7 Å².